The Labute approximate surface area is 111 Å². The van der Waals surface area contributed by atoms with Crippen LogP contribution in [-0.4, -0.2) is 23.3 Å². The monoisotopic (exact) mass is 263 g/mol. The molecular formula is C14H17NO2S. The molecule has 0 bridgehead atoms. The van der Waals surface area contributed by atoms with Crippen molar-refractivity contribution >= 4 is 11.3 Å². The third kappa shape index (κ3) is 3.31. The number of aromatic nitrogens is 1. The summed E-state index contributed by atoms with van der Waals surface area (Å²) < 4.78 is 5.33. The minimum absolute atomic E-state index is 0.315. The number of hydrogen-bond acceptors (Lipinski definition) is 4. The van der Waals surface area contributed by atoms with Crippen molar-refractivity contribution < 1.29 is 9.84 Å². The molecule has 0 spiro atoms. The van der Waals surface area contributed by atoms with Gasteiger partial charge in [-0.3, -0.25) is 0 Å². The molecule has 0 fully saturated rings. The SMILES string of the molecule is COc1ccccc1Cc1ncc(CC(C)O)s1. The highest BCUT2D eigenvalue weighted by molar-refractivity contribution is 7.11. The molecule has 0 aliphatic rings. The molecule has 1 atom stereocenters. The molecule has 2 aromatic rings. The zero-order chi connectivity index (χ0) is 13.0. The molecule has 0 aliphatic carbocycles. The lowest BCUT2D eigenvalue weighted by Crippen LogP contribution is -2.01. The molecule has 1 heterocycles. The number of rotatable bonds is 5. The van der Waals surface area contributed by atoms with Crippen molar-refractivity contribution in [3.05, 3.63) is 45.9 Å². The summed E-state index contributed by atoms with van der Waals surface area (Å²) >= 11 is 1.65. The summed E-state index contributed by atoms with van der Waals surface area (Å²) in [4.78, 5) is 5.51. The van der Waals surface area contributed by atoms with E-state index in [0.717, 1.165) is 27.6 Å². The third-order valence-corrected chi connectivity index (χ3v) is 3.65. The maximum atomic E-state index is 9.35. The van der Waals surface area contributed by atoms with Gasteiger partial charge in [0.05, 0.1) is 18.2 Å². The van der Waals surface area contributed by atoms with Gasteiger partial charge in [0.2, 0.25) is 0 Å². The van der Waals surface area contributed by atoms with Crippen molar-refractivity contribution in [2.75, 3.05) is 7.11 Å². The van der Waals surface area contributed by atoms with E-state index in [1.807, 2.05) is 24.4 Å². The Bertz CT molecular complexity index is 508. The summed E-state index contributed by atoms with van der Waals surface area (Å²) in [6.45, 7) is 1.79. The topological polar surface area (TPSA) is 42.4 Å². The van der Waals surface area contributed by atoms with E-state index in [2.05, 4.69) is 11.1 Å². The molecule has 0 aliphatic heterocycles. The Morgan fingerprint density at radius 3 is 2.89 bits per heavy atom. The number of benzene rings is 1. The summed E-state index contributed by atoms with van der Waals surface area (Å²) in [6, 6.07) is 7.97. The molecule has 0 saturated heterocycles. The second-order valence-corrected chi connectivity index (χ2v) is 5.46. The predicted octanol–water partition coefficient (Wildman–Crippen LogP) is 2.67. The number of aliphatic hydroxyl groups excluding tert-OH is 1. The molecule has 1 aromatic carbocycles. The summed E-state index contributed by atoms with van der Waals surface area (Å²) in [7, 11) is 1.68. The lowest BCUT2D eigenvalue weighted by atomic mass is 10.1. The van der Waals surface area contributed by atoms with Gasteiger partial charge in [0, 0.05) is 29.5 Å². The second-order valence-electron chi connectivity index (χ2n) is 4.26. The molecule has 96 valence electrons. The van der Waals surface area contributed by atoms with Crippen molar-refractivity contribution in [2.24, 2.45) is 0 Å². The fourth-order valence-corrected chi connectivity index (χ4v) is 2.89. The van der Waals surface area contributed by atoms with Gasteiger partial charge in [0.1, 0.15) is 5.75 Å². The maximum absolute atomic E-state index is 9.35. The largest absolute Gasteiger partial charge is 0.496 e. The van der Waals surface area contributed by atoms with E-state index in [4.69, 9.17) is 4.74 Å². The van der Waals surface area contributed by atoms with E-state index in [-0.39, 0.29) is 6.10 Å². The van der Waals surface area contributed by atoms with Crippen LogP contribution in [0.25, 0.3) is 0 Å². The minimum atomic E-state index is -0.315. The molecule has 2 rings (SSSR count). The van der Waals surface area contributed by atoms with Gasteiger partial charge in [0.15, 0.2) is 0 Å². The van der Waals surface area contributed by atoms with Crippen LogP contribution in [0, 0.1) is 0 Å². The van der Waals surface area contributed by atoms with Crippen molar-refractivity contribution in [1.29, 1.82) is 0 Å². The summed E-state index contributed by atoms with van der Waals surface area (Å²) in [6.07, 6.45) is 2.98. The first-order chi connectivity index (χ1) is 8.69. The molecule has 1 aromatic heterocycles. The molecule has 1 N–H and O–H groups in total. The Morgan fingerprint density at radius 1 is 1.39 bits per heavy atom. The Hall–Kier alpha value is -1.39. The Kier molecular flexibility index (Phi) is 4.33. The molecular weight excluding hydrogens is 246 g/mol. The van der Waals surface area contributed by atoms with E-state index in [1.54, 1.807) is 25.4 Å². The van der Waals surface area contributed by atoms with Crippen molar-refractivity contribution in [2.45, 2.75) is 25.9 Å². The molecule has 0 amide bonds. The third-order valence-electron chi connectivity index (χ3n) is 2.63. The van der Waals surface area contributed by atoms with Gasteiger partial charge in [0.25, 0.3) is 0 Å². The first-order valence-electron chi connectivity index (χ1n) is 5.92. The number of hydrogen-bond donors (Lipinski definition) is 1. The first-order valence-corrected chi connectivity index (χ1v) is 6.74. The number of methoxy groups -OCH3 is 1. The van der Waals surface area contributed by atoms with E-state index in [0.29, 0.717) is 6.42 Å². The smallest absolute Gasteiger partial charge is 0.122 e. The lowest BCUT2D eigenvalue weighted by Gasteiger charge is -2.05. The molecule has 18 heavy (non-hydrogen) atoms. The van der Waals surface area contributed by atoms with Gasteiger partial charge in [-0.2, -0.15) is 0 Å². The number of para-hydroxylation sites is 1. The number of aliphatic hydroxyl groups is 1. The normalized spacial score (nSPS) is 12.4. The van der Waals surface area contributed by atoms with Gasteiger partial charge >= 0.3 is 0 Å². The Morgan fingerprint density at radius 2 is 2.17 bits per heavy atom. The van der Waals surface area contributed by atoms with E-state index < -0.39 is 0 Å². The van der Waals surface area contributed by atoms with Crippen LogP contribution in [0.2, 0.25) is 0 Å². The van der Waals surface area contributed by atoms with E-state index in [9.17, 15) is 5.11 Å². The van der Waals surface area contributed by atoms with Crippen LogP contribution >= 0.6 is 11.3 Å². The van der Waals surface area contributed by atoms with Crippen LogP contribution in [0.4, 0.5) is 0 Å². The summed E-state index contributed by atoms with van der Waals surface area (Å²) in [5, 5.41) is 10.4. The predicted molar refractivity (Wildman–Crippen MR) is 73.3 cm³/mol. The van der Waals surface area contributed by atoms with Crippen LogP contribution < -0.4 is 4.74 Å². The van der Waals surface area contributed by atoms with Crippen molar-refractivity contribution in [3.63, 3.8) is 0 Å². The fourth-order valence-electron chi connectivity index (χ4n) is 1.83. The molecule has 0 saturated carbocycles. The molecule has 4 heteroatoms. The van der Waals surface area contributed by atoms with E-state index >= 15 is 0 Å². The molecule has 0 radical (unpaired) electrons. The lowest BCUT2D eigenvalue weighted by molar-refractivity contribution is 0.196. The van der Waals surface area contributed by atoms with Crippen molar-refractivity contribution in [3.8, 4) is 5.75 Å². The van der Waals surface area contributed by atoms with Crippen LogP contribution in [0.3, 0.4) is 0 Å². The highest BCUT2D eigenvalue weighted by Gasteiger charge is 2.08. The van der Waals surface area contributed by atoms with Gasteiger partial charge in [-0.05, 0) is 13.0 Å². The average Bonchev–Trinajstić information content (AvgIpc) is 2.76. The van der Waals surface area contributed by atoms with Crippen LogP contribution in [0.5, 0.6) is 5.75 Å². The Balaban J connectivity index is 2.11. The first kappa shape index (κ1) is 13.1. The minimum Gasteiger partial charge on any atom is -0.496 e. The summed E-state index contributed by atoms with van der Waals surface area (Å²) in [5.74, 6) is 0.893. The average molecular weight is 263 g/mol. The number of thiazole rings is 1. The zero-order valence-electron chi connectivity index (χ0n) is 10.6. The fraction of sp³-hybridized carbons (Fsp3) is 0.357. The maximum Gasteiger partial charge on any atom is 0.122 e. The van der Waals surface area contributed by atoms with Crippen LogP contribution in [0.15, 0.2) is 30.5 Å². The number of nitrogens with zero attached hydrogens (tertiary/aromatic N) is 1. The second kappa shape index (κ2) is 5.98. The van der Waals surface area contributed by atoms with Gasteiger partial charge < -0.3 is 9.84 Å². The number of ether oxygens (including phenoxy) is 1. The summed E-state index contributed by atoms with van der Waals surface area (Å²) in [5.41, 5.74) is 1.14. The molecule has 1 unspecified atom stereocenters. The van der Waals surface area contributed by atoms with Gasteiger partial charge in [-0.15, -0.1) is 11.3 Å². The highest BCUT2D eigenvalue weighted by Crippen LogP contribution is 2.23. The van der Waals surface area contributed by atoms with Gasteiger partial charge in [-0.1, -0.05) is 18.2 Å². The van der Waals surface area contributed by atoms with Crippen LogP contribution in [-0.2, 0) is 12.8 Å². The quantitative estimate of drug-likeness (QED) is 0.901. The zero-order valence-corrected chi connectivity index (χ0v) is 11.4. The van der Waals surface area contributed by atoms with Crippen LogP contribution in [0.1, 0.15) is 22.4 Å². The van der Waals surface area contributed by atoms with Crippen molar-refractivity contribution in [1.82, 2.24) is 4.98 Å². The van der Waals surface area contributed by atoms with E-state index in [1.165, 1.54) is 0 Å². The van der Waals surface area contributed by atoms with Gasteiger partial charge in [-0.25, -0.2) is 4.98 Å². The highest BCUT2D eigenvalue weighted by atomic mass is 32.1. The standard InChI is InChI=1S/C14H17NO2S/c1-10(16)7-12-9-15-14(18-12)8-11-5-3-4-6-13(11)17-2/h3-6,9-10,16H,7-8H2,1-2H3. The molecule has 3 nitrogen and oxygen atoms in total.